The molecule has 2 heterocycles. The topological polar surface area (TPSA) is 78.9 Å². The molecule has 0 saturated heterocycles. The first kappa shape index (κ1) is 16.8. The smallest absolute Gasteiger partial charge is 0.344 e. The molecule has 0 radical (unpaired) electrons. The Labute approximate surface area is 144 Å². The number of fused-ring (bicyclic) bond motifs is 1. The molecule has 0 aliphatic heterocycles. The standard InChI is InChI=1S/C19H18O6/c1-11(2)24-16(20)10-23-19-17(21)13-9-12(3)6-7-14(13)25-18(19)15-5-4-8-22-15/h4-9,11H,10H2,1-3H3. The van der Waals surface area contributed by atoms with E-state index in [1.807, 2.05) is 13.0 Å². The summed E-state index contributed by atoms with van der Waals surface area (Å²) < 4.78 is 21.6. The number of benzene rings is 1. The monoisotopic (exact) mass is 342 g/mol. The number of carbonyl (C=O) groups excluding carboxylic acids is 1. The second-order valence-electron chi connectivity index (χ2n) is 5.89. The Bertz CT molecular complexity index is 950. The van der Waals surface area contributed by atoms with E-state index in [-0.39, 0.29) is 23.0 Å². The normalized spacial score (nSPS) is 11.0. The lowest BCUT2D eigenvalue weighted by Gasteiger charge is -2.11. The van der Waals surface area contributed by atoms with Crippen molar-refractivity contribution in [2.45, 2.75) is 26.9 Å². The molecule has 0 aliphatic carbocycles. The highest BCUT2D eigenvalue weighted by molar-refractivity contribution is 5.82. The Morgan fingerprint density at radius 2 is 2.04 bits per heavy atom. The maximum absolute atomic E-state index is 12.9. The van der Waals surface area contributed by atoms with E-state index < -0.39 is 12.6 Å². The van der Waals surface area contributed by atoms with Gasteiger partial charge in [0, 0.05) is 0 Å². The predicted octanol–water partition coefficient (Wildman–Crippen LogP) is 3.69. The van der Waals surface area contributed by atoms with Gasteiger partial charge in [0.05, 0.1) is 17.8 Å². The van der Waals surface area contributed by atoms with Crippen LogP contribution in [0, 0.1) is 6.92 Å². The number of hydrogen-bond acceptors (Lipinski definition) is 6. The van der Waals surface area contributed by atoms with Crippen molar-refractivity contribution in [3.05, 3.63) is 52.4 Å². The van der Waals surface area contributed by atoms with Crippen molar-refractivity contribution in [1.29, 1.82) is 0 Å². The molecule has 0 saturated carbocycles. The fraction of sp³-hybridized carbons (Fsp3) is 0.263. The van der Waals surface area contributed by atoms with Gasteiger partial charge in [-0.1, -0.05) is 11.6 Å². The molecule has 0 atom stereocenters. The molecule has 3 rings (SSSR count). The van der Waals surface area contributed by atoms with E-state index >= 15 is 0 Å². The minimum absolute atomic E-state index is 0.0752. The Morgan fingerprint density at radius 3 is 2.72 bits per heavy atom. The van der Waals surface area contributed by atoms with Crippen LogP contribution in [0.5, 0.6) is 5.75 Å². The molecule has 0 aliphatic rings. The van der Waals surface area contributed by atoms with Crippen LogP contribution in [0.3, 0.4) is 0 Å². The summed E-state index contributed by atoms with van der Waals surface area (Å²) in [6, 6.07) is 8.60. The van der Waals surface area contributed by atoms with Gasteiger partial charge in [0.2, 0.25) is 16.9 Å². The van der Waals surface area contributed by atoms with E-state index in [1.54, 1.807) is 38.1 Å². The van der Waals surface area contributed by atoms with Crippen LogP contribution in [-0.4, -0.2) is 18.7 Å². The van der Waals surface area contributed by atoms with Crippen LogP contribution >= 0.6 is 0 Å². The first-order valence-electron chi connectivity index (χ1n) is 7.89. The van der Waals surface area contributed by atoms with Crippen molar-refractivity contribution in [2.75, 3.05) is 6.61 Å². The van der Waals surface area contributed by atoms with Crippen LogP contribution < -0.4 is 10.2 Å². The third-order valence-corrected chi connectivity index (χ3v) is 3.45. The largest absolute Gasteiger partial charge is 0.474 e. The molecule has 25 heavy (non-hydrogen) atoms. The summed E-state index contributed by atoms with van der Waals surface area (Å²) in [6.45, 7) is 4.95. The fourth-order valence-corrected chi connectivity index (χ4v) is 2.42. The number of hydrogen-bond donors (Lipinski definition) is 0. The van der Waals surface area contributed by atoms with Gasteiger partial charge in [0.15, 0.2) is 12.4 Å². The molecular weight excluding hydrogens is 324 g/mol. The van der Waals surface area contributed by atoms with Crippen LogP contribution in [0.15, 0.2) is 50.2 Å². The lowest BCUT2D eigenvalue weighted by atomic mass is 10.1. The quantitative estimate of drug-likeness (QED) is 0.658. The minimum Gasteiger partial charge on any atom is -0.474 e. The van der Waals surface area contributed by atoms with Gasteiger partial charge in [-0.25, -0.2) is 4.79 Å². The van der Waals surface area contributed by atoms with Gasteiger partial charge in [-0.05, 0) is 45.0 Å². The van der Waals surface area contributed by atoms with Crippen LogP contribution in [-0.2, 0) is 9.53 Å². The van der Waals surface area contributed by atoms with Gasteiger partial charge in [0.25, 0.3) is 0 Å². The Morgan fingerprint density at radius 1 is 1.24 bits per heavy atom. The average Bonchev–Trinajstić information content (AvgIpc) is 3.08. The minimum atomic E-state index is -0.566. The molecule has 0 spiro atoms. The second-order valence-corrected chi connectivity index (χ2v) is 5.89. The highest BCUT2D eigenvalue weighted by Gasteiger charge is 2.21. The number of esters is 1. The van der Waals surface area contributed by atoms with Crippen molar-refractivity contribution in [2.24, 2.45) is 0 Å². The number of ether oxygens (including phenoxy) is 2. The van der Waals surface area contributed by atoms with Crippen LogP contribution in [0.4, 0.5) is 0 Å². The number of furan rings is 1. The maximum atomic E-state index is 12.9. The summed E-state index contributed by atoms with van der Waals surface area (Å²) in [6.07, 6.45) is 1.20. The summed E-state index contributed by atoms with van der Waals surface area (Å²) in [4.78, 5) is 24.6. The average molecular weight is 342 g/mol. The predicted molar refractivity (Wildman–Crippen MR) is 91.6 cm³/mol. The van der Waals surface area contributed by atoms with Gasteiger partial charge in [-0.15, -0.1) is 0 Å². The van der Waals surface area contributed by atoms with Crippen LogP contribution in [0.1, 0.15) is 19.4 Å². The van der Waals surface area contributed by atoms with Gasteiger partial charge < -0.3 is 18.3 Å². The number of carbonyl (C=O) groups is 1. The van der Waals surface area contributed by atoms with Gasteiger partial charge in [-0.3, -0.25) is 4.79 Å². The Hall–Kier alpha value is -3.02. The first-order chi connectivity index (χ1) is 12.0. The summed E-state index contributed by atoms with van der Waals surface area (Å²) in [5.41, 5.74) is 0.962. The summed E-state index contributed by atoms with van der Waals surface area (Å²) in [5.74, 6) is -0.159. The molecule has 0 fully saturated rings. The van der Waals surface area contributed by atoms with E-state index in [4.69, 9.17) is 18.3 Å². The fourth-order valence-electron chi connectivity index (χ4n) is 2.42. The van der Waals surface area contributed by atoms with E-state index in [9.17, 15) is 9.59 Å². The molecule has 6 nitrogen and oxygen atoms in total. The lowest BCUT2D eigenvalue weighted by molar-refractivity contribution is -0.149. The molecule has 6 heteroatoms. The molecular formula is C19H18O6. The zero-order chi connectivity index (χ0) is 18.0. The number of rotatable bonds is 5. The zero-order valence-corrected chi connectivity index (χ0v) is 14.2. The zero-order valence-electron chi connectivity index (χ0n) is 14.2. The van der Waals surface area contributed by atoms with Gasteiger partial charge in [0.1, 0.15) is 5.58 Å². The summed E-state index contributed by atoms with van der Waals surface area (Å²) in [7, 11) is 0. The van der Waals surface area contributed by atoms with Crippen LogP contribution in [0.2, 0.25) is 0 Å². The second kappa shape index (κ2) is 6.84. The van der Waals surface area contributed by atoms with Crippen molar-refractivity contribution in [1.82, 2.24) is 0 Å². The van der Waals surface area contributed by atoms with Gasteiger partial charge >= 0.3 is 5.97 Å². The first-order valence-corrected chi connectivity index (χ1v) is 7.89. The highest BCUT2D eigenvalue weighted by atomic mass is 16.6. The van der Waals surface area contributed by atoms with E-state index in [2.05, 4.69) is 0 Å². The van der Waals surface area contributed by atoms with Crippen molar-refractivity contribution in [3.8, 4) is 17.3 Å². The molecule has 130 valence electrons. The summed E-state index contributed by atoms with van der Waals surface area (Å²) >= 11 is 0. The molecule has 0 amide bonds. The van der Waals surface area contributed by atoms with E-state index in [1.165, 1.54) is 6.26 Å². The molecule has 1 aromatic carbocycles. The maximum Gasteiger partial charge on any atom is 0.344 e. The van der Waals surface area contributed by atoms with Gasteiger partial charge in [-0.2, -0.15) is 0 Å². The molecule has 0 N–H and O–H groups in total. The molecule has 0 unspecified atom stereocenters. The molecule has 3 aromatic rings. The molecule has 0 bridgehead atoms. The summed E-state index contributed by atoms with van der Waals surface area (Å²) in [5, 5.41) is 0.377. The van der Waals surface area contributed by atoms with E-state index in [0.717, 1.165) is 5.56 Å². The van der Waals surface area contributed by atoms with Crippen molar-refractivity contribution < 1.29 is 23.1 Å². The third kappa shape index (κ3) is 3.57. The molecule has 2 aromatic heterocycles. The SMILES string of the molecule is Cc1ccc2oc(-c3ccco3)c(OCC(=O)OC(C)C)c(=O)c2c1. The Balaban J connectivity index is 2.07. The Kier molecular flexibility index (Phi) is 4.61. The lowest BCUT2D eigenvalue weighted by Crippen LogP contribution is -2.21. The van der Waals surface area contributed by atoms with Crippen LogP contribution in [0.25, 0.3) is 22.5 Å². The number of aryl methyl sites for hydroxylation is 1. The highest BCUT2D eigenvalue weighted by Crippen LogP contribution is 2.31. The van der Waals surface area contributed by atoms with E-state index in [0.29, 0.717) is 16.7 Å². The van der Waals surface area contributed by atoms with Crippen molar-refractivity contribution >= 4 is 16.9 Å². The van der Waals surface area contributed by atoms with Crippen molar-refractivity contribution in [3.63, 3.8) is 0 Å². The third-order valence-electron chi connectivity index (χ3n) is 3.45.